The van der Waals surface area contributed by atoms with Crippen LogP contribution in [0.25, 0.3) is 0 Å². The van der Waals surface area contributed by atoms with Gasteiger partial charge in [-0.15, -0.1) is 0 Å². The highest BCUT2D eigenvalue weighted by molar-refractivity contribution is 5.97. The molecule has 0 spiro atoms. The lowest BCUT2D eigenvalue weighted by Crippen LogP contribution is -2.14. The minimum absolute atomic E-state index is 0.0922. The lowest BCUT2D eigenvalue weighted by molar-refractivity contribution is 0.1000. The zero-order valence-corrected chi connectivity index (χ0v) is 7.57. The second-order valence-corrected chi connectivity index (χ2v) is 2.85. The average Bonchev–Trinajstić information content (AvgIpc) is 2.16. The summed E-state index contributed by atoms with van der Waals surface area (Å²) in [7, 11) is 0. The van der Waals surface area contributed by atoms with Crippen LogP contribution in [0, 0.1) is 18.3 Å². The number of nitrogens with zero attached hydrogens (tertiary/aromatic N) is 1. The van der Waals surface area contributed by atoms with Gasteiger partial charge in [0.15, 0.2) is 0 Å². The highest BCUT2D eigenvalue weighted by Crippen LogP contribution is 2.15. The number of rotatable bonds is 2. The van der Waals surface area contributed by atoms with Crippen molar-refractivity contribution in [1.82, 2.24) is 0 Å². The van der Waals surface area contributed by atoms with E-state index < -0.39 is 5.91 Å². The van der Waals surface area contributed by atoms with Crippen molar-refractivity contribution < 1.29 is 9.59 Å². The van der Waals surface area contributed by atoms with Gasteiger partial charge in [-0.25, -0.2) is 0 Å². The standard InChI is InChI=1S/C10H8N2O2/c1-6-2-7(5-13)3-8(10(12)14)9(6)4-11/h2-3,5H,1H3,(H2,12,14). The van der Waals surface area contributed by atoms with Gasteiger partial charge in [-0.3, -0.25) is 9.59 Å². The number of hydrogen-bond donors (Lipinski definition) is 1. The Morgan fingerprint density at radius 2 is 2.21 bits per heavy atom. The van der Waals surface area contributed by atoms with E-state index in [1.165, 1.54) is 12.1 Å². The van der Waals surface area contributed by atoms with E-state index in [1.54, 1.807) is 6.92 Å². The molecule has 4 heteroatoms. The van der Waals surface area contributed by atoms with Crippen molar-refractivity contribution in [3.8, 4) is 6.07 Å². The van der Waals surface area contributed by atoms with Crippen molar-refractivity contribution in [2.75, 3.05) is 0 Å². The zero-order chi connectivity index (χ0) is 10.7. The molecule has 0 aliphatic rings. The Morgan fingerprint density at radius 1 is 1.57 bits per heavy atom. The number of benzene rings is 1. The summed E-state index contributed by atoms with van der Waals surface area (Å²) in [6, 6.07) is 4.74. The van der Waals surface area contributed by atoms with Crippen LogP contribution < -0.4 is 5.73 Å². The van der Waals surface area contributed by atoms with Crippen molar-refractivity contribution in [2.45, 2.75) is 6.92 Å². The van der Waals surface area contributed by atoms with Crippen molar-refractivity contribution in [3.05, 3.63) is 34.4 Å². The summed E-state index contributed by atoms with van der Waals surface area (Å²) < 4.78 is 0. The van der Waals surface area contributed by atoms with E-state index in [1.807, 2.05) is 6.07 Å². The fraction of sp³-hybridized carbons (Fsp3) is 0.100. The Bertz CT molecular complexity index is 444. The van der Waals surface area contributed by atoms with Gasteiger partial charge in [0.2, 0.25) is 5.91 Å². The first kappa shape index (κ1) is 9.93. The van der Waals surface area contributed by atoms with E-state index in [-0.39, 0.29) is 11.1 Å². The van der Waals surface area contributed by atoms with Crippen molar-refractivity contribution >= 4 is 12.2 Å². The average molecular weight is 188 g/mol. The van der Waals surface area contributed by atoms with Crippen LogP contribution >= 0.6 is 0 Å². The van der Waals surface area contributed by atoms with Crippen LogP contribution in [0.15, 0.2) is 12.1 Å². The van der Waals surface area contributed by atoms with Gasteiger partial charge < -0.3 is 5.73 Å². The summed E-state index contributed by atoms with van der Waals surface area (Å²) in [5, 5.41) is 8.77. The van der Waals surface area contributed by atoms with Crippen LogP contribution in [-0.2, 0) is 0 Å². The number of amides is 1. The minimum atomic E-state index is -0.701. The second kappa shape index (κ2) is 3.71. The summed E-state index contributed by atoms with van der Waals surface area (Å²) in [5.74, 6) is -0.701. The number of nitriles is 1. The maximum atomic E-state index is 11.0. The van der Waals surface area contributed by atoms with E-state index in [9.17, 15) is 9.59 Å². The highest BCUT2D eigenvalue weighted by atomic mass is 16.1. The first-order valence-electron chi connectivity index (χ1n) is 3.90. The largest absolute Gasteiger partial charge is 0.366 e. The Hall–Kier alpha value is -2.15. The third kappa shape index (κ3) is 1.62. The van der Waals surface area contributed by atoms with Gasteiger partial charge in [-0.1, -0.05) is 0 Å². The molecule has 0 aromatic heterocycles. The topological polar surface area (TPSA) is 84.0 Å². The molecular formula is C10H8N2O2. The quantitative estimate of drug-likeness (QED) is 0.696. The molecule has 2 N–H and O–H groups in total. The minimum Gasteiger partial charge on any atom is -0.366 e. The molecule has 4 nitrogen and oxygen atoms in total. The van der Waals surface area contributed by atoms with E-state index in [0.717, 1.165) is 0 Å². The first-order chi connectivity index (χ1) is 6.60. The van der Waals surface area contributed by atoms with Gasteiger partial charge in [0.25, 0.3) is 0 Å². The molecule has 0 atom stereocenters. The number of hydrogen-bond acceptors (Lipinski definition) is 3. The lowest BCUT2D eigenvalue weighted by Gasteiger charge is -2.03. The first-order valence-corrected chi connectivity index (χ1v) is 3.90. The molecule has 0 bridgehead atoms. The molecule has 1 amide bonds. The maximum absolute atomic E-state index is 11.0. The normalized spacial score (nSPS) is 9.14. The van der Waals surface area contributed by atoms with Crippen molar-refractivity contribution in [2.24, 2.45) is 5.73 Å². The van der Waals surface area contributed by atoms with Gasteiger partial charge in [0, 0.05) is 5.56 Å². The summed E-state index contributed by atoms with van der Waals surface area (Å²) in [6.07, 6.45) is 0.612. The molecular weight excluding hydrogens is 180 g/mol. The molecule has 1 aromatic rings. The maximum Gasteiger partial charge on any atom is 0.250 e. The van der Waals surface area contributed by atoms with Crippen LogP contribution in [0.5, 0.6) is 0 Å². The molecule has 0 fully saturated rings. The molecule has 0 heterocycles. The van der Waals surface area contributed by atoms with Gasteiger partial charge >= 0.3 is 0 Å². The molecule has 0 radical (unpaired) electrons. The molecule has 0 aliphatic heterocycles. The smallest absolute Gasteiger partial charge is 0.250 e. The van der Waals surface area contributed by atoms with Crippen LogP contribution in [0.4, 0.5) is 0 Å². The molecule has 0 unspecified atom stereocenters. The fourth-order valence-electron chi connectivity index (χ4n) is 1.23. The number of carbonyl (C=O) groups is 2. The predicted molar refractivity (Wildman–Crippen MR) is 49.8 cm³/mol. The van der Waals surface area contributed by atoms with E-state index in [4.69, 9.17) is 11.0 Å². The van der Waals surface area contributed by atoms with E-state index in [0.29, 0.717) is 17.4 Å². The predicted octanol–water partition coefficient (Wildman–Crippen LogP) is 0.778. The number of nitrogens with two attached hydrogens (primary N) is 1. The molecule has 70 valence electrons. The zero-order valence-electron chi connectivity index (χ0n) is 7.57. The summed E-state index contributed by atoms with van der Waals surface area (Å²) >= 11 is 0. The molecule has 0 saturated carbocycles. The van der Waals surface area contributed by atoms with Crippen LogP contribution in [0.3, 0.4) is 0 Å². The monoisotopic (exact) mass is 188 g/mol. The molecule has 1 aromatic carbocycles. The summed E-state index contributed by atoms with van der Waals surface area (Å²) in [6.45, 7) is 1.65. The van der Waals surface area contributed by atoms with Gasteiger partial charge in [-0.05, 0) is 24.6 Å². The second-order valence-electron chi connectivity index (χ2n) is 2.85. The third-order valence-electron chi connectivity index (χ3n) is 1.87. The van der Waals surface area contributed by atoms with Gasteiger partial charge in [0.05, 0.1) is 11.1 Å². The van der Waals surface area contributed by atoms with Gasteiger partial charge in [0.1, 0.15) is 12.4 Å². The van der Waals surface area contributed by atoms with E-state index >= 15 is 0 Å². The summed E-state index contributed by atoms with van der Waals surface area (Å²) in [5.41, 5.74) is 6.31. The fourth-order valence-corrected chi connectivity index (χ4v) is 1.23. The van der Waals surface area contributed by atoms with Gasteiger partial charge in [-0.2, -0.15) is 5.26 Å². The van der Waals surface area contributed by atoms with Crippen molar-refractivity contribution in [1.29, 1.82) is 5.26 Å². The lowest BCUT2D eigenvalue weighted by atomic mass is 9.99. The number of primary amides is 1. The van der Waals surface area contributed by atoms with Crippen LogP contribution in [-0.4, -0.2) is 12.2 Å². The Labute approximate surface area is 80.9 Å². The molecule has 1 rings (SSSR count). The number of carbonyl (C=O) groups excluding carboxylic acids is 2. The highest BCUT2D eigenvalue weighted by Gasteiger charge is 2.11. The number of aldehydes is 1. The molecule has 0 saturated heterocycles. The Morgan fingerprint density at radius 3 is 2.64 bits per heavy atom. The van der Waals surface area contributed by atoms with E-state index in [2.05, 4.69) is 0 Å². The Balaban J connectivity index is 3.53. The van der Waals surface area contributed by atoms with Crippen LogP contribution in [0.2, 0.25) is 0 Å². The molecule has 0 aliphatic carbocycles. The SMILES string of the molecule is Cc1cc(C=O)cc(C(N)=O)c1C#N. The Kier molecular flexibility index (Phi) is 2.63. The molecule has 14 heavy (non-hydrogen) atoms. The summed E-state index contributed by atoms with van der Waals surface area (Å²) in [4.78, 5) is 21.5. The third-order valence-corrected chi connectivity index (χ3v) is 1.87. The number of aryl methyl sites for hydroxylation is 1. The van der Waals surface area contributed by atoms with Crippen molar-refractivity contribution in [3.63, 3.8) is 0 Å². The van der Waals surface area contributed by atoms with Crippen LogP contribution in [0.1, 0.15) is 31.8 Å².